The van der Waals surface area contributed by atoms with Gasteiger partial charge in [0.25, 0.3) is 5.91 Å². The average Bonchev–Trinajstić information content (AvgIpc) is 2.90. The van der Waals surface area contributed by atoms with Crippen LogP contribution in [0.2, 0.25) is 10.0 Å². The highest BCUT2D eigenvalue weighted by Crippen LogP contribution is 2.33. The zero-order valence-electron chi connectivity index (χ0n) is 12.6. The van der Waals surface area contributed by atoms with Gasteiger partial charge in [-0.2, -0.15) is 0 Å². The summed E-state index contributed by atoms with van der Waals surface area (Å²) in [6, 6.07) is 7.60. The highest BCUT2D eigenvalue weighted by molar-refractivity contribution is 9.13. The van der Waals surface area contributed by atoms with Gasteiger partial charge in [0.1, 0.15) is 0 Å². The molecule has 0 bridgehead atoms. The van der Waals surface area contributed by atoms with Gasteiger partial charge < -0.3 is 4.90 Å². The normalized spacial score (nSPS) is 15.8. The Morgan fingerprint density at radius 1 is 1.08 bits per heavy atom. The maximum Gasteiger partial charge on any atom is 0.264 e. The number of hydrogen-bond acceptors (Lipinski definition) is 3. The first-order valence-electron chi connectivity index (χ1n) is 7.34. The van der Waals surface area contributed by atoms with E-state index in [1.54, 1.807) is 0 Å². The van der Waals surface area contributed by atoms with E-state index in [9.17, 15) is 4.79 Å². The minimum absolute atomic E-state index is 0.0978. The molecule has 3 rings (SSSR count). The number of carbonyl (C=O) groups excluding carboxylic acids is 1. The van der Waals surface area contributed by atoms with Crippen LogP contribution in [0.25, 0.3) is 0 Å². The van der Waals surface area contributed by atoms with E-state index >= 15 is 0 Å². The van der Waals surface area contributed by atoms with Crippen LogP contribution < -0.4 is 0 Å². The average molecular weight is 513 g/mol. The van der Waals surface area contributed by atoms with E-state index in [0.29, 0.717) is 10.0 Å². The Balaban J connectivity index is 1.57. The number of benzene rings is 1. The summed E-state index contributed by atoms with van der Waals surface area (Å²) in [6.07, 6.45) is 0. The summed E-state index contributed by atoms with van der Waals surface area (Å²) in [5.41, 5.74) is 1.13. The molecule has 128 valence electrons. The summed E-state index contributed by atoms with van der Waals surface area (Å²) in [5, 5.41) is 1.15. The number of halogens is 4. The van der Waals surface area contributed by atoms with Gasteiger partial charge >= 0.3 is 0 Å². The second-order valence-corrected chi connectivity index (χ2v) is 9.59. The molecule has 0 N–H and O–H groups in total. The molecule has 0 aliphatic carbocycles. The number of hydrogen-bond donors (Lipinski definition) is 0. The van der Waals surface area contributed by atoms with E-state index in [2.05, 4.69) is 36.8 Å². The zero-order valence-corrected chi connectivity index (χ0v) is 18.1. The van der Waals surface area contributed by atoms with E-state index in [4.69, 9.17) is 23.2 Å². The molecule has 2 aromatic rings. The smallest absolute Gasteiger partial charge is 0.264 e. The molecule has 0 saturated carbocycles. The lowest BCUT2D eigenvalue weighted by Gasteiger charge is -2.34. The van der Waals surface area contributed by atoms with E-state index in [-0.39, 0.29) is 5.91 Å². The van der Waals surface area contributed by atoms with Crippen molar-refractivity contribution >= 4 is 72.3 Å². The van der Waals surface area contributed by atoms with Crippen LogP contribution in [-0.4, -0.2) is 41.9 Å². The summed E-state index contributed by atoms with van der Waals surface area (Å²) < 4.78 is 1.87. The van der Waals surface area contributed by atoms with Gasteiger partial charge in [-0.05, 0) is 55.6 Å². The van der Waals surface area contributed by atoms with Crippen molar-refractivity contribution < 1.29 is 4.79 Å². The fourth-order valence-electron chi connectivity index (χ4n) is 2.61. The van der Waals surface area contributed by atoms with E-state index in [0.717, 1.165) is 51.4 Å². The number of carbonyl (C=O) groups is 1. The molecular weight excluding hydrogens is 499 g/mol. The minimum Gasteiger partial charge on any atom is -0.335 e. The molecule has 0 unspecified atom stereocenters. The number of nitrogens with zero attached hydrogens (tertiary/aromatic N) is 2. The van der Waals surface area contributed by atoms with Crippen LogP contribution in [0.4, 0.5) is 0 Å². The largest absolute Gasteiger partial charge is 0.335 e. The van der Waals surface area contributed by atoms with Crippen LogP contribution in [0, 0.1) is 0 Å². The molecule has 1 aliphatic rings. The molecule has 24 heavy (non-hydrogen) atoms. The van der Waals surface area contributed by atoms with Crippen molar-refractivity contribution in [3.05, 3.63) is 53.0 Å². The number of amides is 1. The molecule has 1 saturated heterocycles. The molecule has 1 aromatic heterocycles. The van der Waals surface area contributed by atoms with E-state index in [1.807, 2.05) is 29.2 Å². The number of thiophene rings is 1. The highest BCUT2D eigenvalue weighted by atomic mass is 79.9. The third kappa shape index (κ3) is 4.34. The van der Waals surface area contributed by atoms with Crippen LogP contribution in [0.1, 0.15) is 15.2 Å². The zero-order chi connectivity index (χ0) is 17.3. The molecular formula is C16H14Br2Cl2N2OS. The second-order valence-electron chi connectivity index (χ2n) is 5.55. The molecule has 0 atom stereocenters. The third-order valence-electron chi connectivity index (χ3n) is 3.91. The first-order valence-corrected chi connectivity index (χ1v) is 10.5. The Labute approximate surface area is 171 Å². The lowest BCUT2D eigenvalue weighted by molar-refractivity contribution is 0.0633. The van der Waals surface area contributed by atoms with Gasteiger partial charge in [0, 0.05) is 37.2 Å². The molecule has 8 heteroatoms. The Bertz CT molecular complexity index is 741. The van der Waals surface area contributed by atoms with Crippen LogP contribution in [0.3, 0.4) is 0 Å². The van der Waals surface area contributed by atoms with Crippen molar-refractivity contribution in [3.63, 3.8) is 0 Å². The summed E-state index contributed by atoms with van der Waals surface area (Å²) >= 11 is 20.4. The van der Waals surface area contributed by atoms with Crippen molar-refractivity contribution in [3.8, 4) is 0 Å². The van der Waals surface area contributed by atoms with Crippen molar-refractivity contribution in [1.82, 2.24) is 9.80 Å². The Morgan fingerprint density at radius 3 is 2.38 bits per heavy atom. The van der Waals surface area contributed by atoms with E-state index in [1.165, 1.54) is 11.3 Å². The molecule has 0 spiro atoms. The fourth-order valence-corrected chi connectivity index (χ4v) is 4.94. The van der Waals surface area contributed by atoms with Crippen LogP contribution >= 0.6 is 66.4 Å². The van der Waals surface area contributed by atoms with Crippen molar-refractivity contribution in [2.45, 2.75) is 6.54 Å². The van der Waals surface area contributed by atoms with Gasteiger partial charge in [-0.3, -0.25) is 9.69 Å². The standard InChI is InChI=1S/C16H14Br2Cl2N2OS/c17-11-8-14(24-15(11)18)16(23)22-5-3-21(4-6-22)9-10-1-2-12(19)13(20)7-10/h1-2,7-8H,3-6,9H2. The molecule has 3 nitrogen and oxygen atoms in total. The second kappa shape index (κ2) is 8.06. The first kappa shape index (κ1) is 18.7. The van der Waals surface area contributed by atoms with Crippen LogP contribution in [0.5, 0.6) is 0 Å². The summed E-state index contributed by atoms with van der Waals surface area (Å²) in [7, 11) is 0. The van der Waals surface area contributed by atoms with Gasteiger partial charge in [0.15, 0.2) is 0 Å². The molecule has 1 aliphatic heterocycles. The Hall–Kier alpha value is -0.110. The Morgan fingerprint density at radius 2 is 1.79 bits per heavy atom. The van der Waals surface area contributed by atoms with E-state index < -0.39 is 0 Å². The van der Waals surface area contributed by atoms with Gasteiger partial charge in [0.05, 0.1) is 18.7 Å². The monoisotopic (exact) mass is 510 g/mol. The summed E-state index contributed by atoms with van der Waals surface area (Å²) in [6.45, 7) is 3.97. The van der Waals surface area contributed by atoms with Crippen molar-refractivity contribution in [1.29, 1.82) is 0 Å². The minimum atomic E-state index is 0.0978. The Kier molecular flexibility index (Phi) is 6.27. The quantitative estimate of drug-likeness (QED) is 0.539. The fraction of sp³-hybridized carbons (Fsp3) is 0.312. The molecule has 2 heterocycles. The maximum absolute atomic E-state index is 12.6. The highest BCUT2D eigenvalue weighted by Gasteiger charge is 2.24. The van der Waals surface area contributed by atoms with Crippen molar-refractivity contribution in [2.24, 2.45) is 0 Å². The third-order valence-corrected chi connectivity index (χ3v) is 7.89. The molecule has 0 radical (unpaired) electrons. The predicted octanol–water partition coefficient (Wildman–Crippen LogP) is 5.54. The van der Waals surface area contributed by atoms with Gasteiger partial charge in [-0.1, -0.05) is 29.3 Å². The first-order chi connectivity index (χ1) is 11.4. The van der Waals surface area contributed by atoms with Gasteiger partial charge in [-0.15, -0.1) is 11.3 Å². The lowest BCUT2D eigenvalue weighted by atomic mass is 10.2. The SMILES string of the molecule is O=C(c1cc(Br)c(Br)s1)N1CCN(Cc2ccc(Cl)c(Cl)c2)CC1. The van der Waals surface area contributed by atoms with Crippen LogP contribution in [0.15, 0.2) is 32.5 Å². The van der Waals surface area contributed by atoms with Gasteiger partial charge in [-0.25, -0.2) is 0 Å². The predicted molar refractivity (Wildman–Crippen MR) is 107 cm³/mol. The van der Waals surface area contributed by atoms with Crippen molar-refractivity contribution in [2.75, 3.05) is 26.2 Å². The maximum atomic E-state index is 12.6. The topological polar surface area (TPSA) is 23.6 Å². The molecule has 1 aromatic carbocycles. The number of rotatable bonds is 3. The molecule has 1 fully saturated rings. The summed E-state index contributed by atoms with van der Waals surface area (Å²) in [4.78, 5) is 17.5. The summed E-state index contributed by atoms with van der Waals surface area (Å²) in [5.74, 6) is 0.0978. The lowest BCUT2D eigenvalue weighted by Crippen LogP contribution is -2.48. The molecule has 1 amide bonds. The van der Waals surface area contributed by atoms with Crippen LogP contribution in [-0.2, 0) is 6.54 Å². The number of piperazine rings is 1. The van der Waals surface area contributed by atoms with Gasteiger partial charge in [0.2, 0.25) is 0 Å².